The topological polar surface area (TPSA) is 348 Å². The highest BCUT2D eigenvalue weighted by molar-refractivity contribution is 4.97. The van der Waals surface area contributed by atoms with Crippen LogP contribution in [-0.2, 0) is 33.2 Å². The Labute approximate surface area is 254 Å². The Hall–Kier alpha value is -0.840. The summed E-state index contributed by atoms with van der Waals surface area (Å²) in [6, 6.07) is 0. The molecule has 21 heteroatoms. The molecule has 0 aromatic heterocycles. The van der Waals surface area contributed by atoms with E-state index in [0.717, 1.165) is 0 Å². The van der Waals surface area contributed by atoms with Crippen molar-refractivity contribution in [3.63, 3.8) is 0 Å². The average molecular weight is 667 g/mol. The van der Waals surface area contributed by atoms with Gasteiger partial charge in [0, 0.05) is 0 Å². The van der Waals surface area contributed by atoms with Gasteiger partial charge in [-0.25, -0.2) is 0 Å². The molecule has 45 heavy (non-hydrogen) atoms. The molecule has 4 heterocycles. The van der Waals surface area contributed by atoms with Gasteiger partial charge in [0.05, 0.1) is 26.4 Å². The van der Waals surface area contributed by atoms with Crippen molar-refractivity contribution in [3.05, 3.63) is 0 Å². The maximum atomic E-state index is 10.9. The van der Waals surface area contributed by atoms with Crippen molar-refractivity contribution in [1.82, 2.24) is 0 Å². The van der Waals surface area contributed by atoms with Crippen molar-refractivity contribution in [2.24, 2.45) is 0 Å². The maximum absolute atomic E-state index is 10.9. The molecule has 20 atom stereocenters. The third kappa shape index (κ3) is 7.44. The third-order valence-corrected chi connectivity index (χ3v) is 8.20. The van der Waals surface area contributed by atoms with Crippen LogP contribution < -0.4 is 0 Å². The highest BCUT2D eigenvalue weighted by Gasteiger charge is 2.55. The van der Waals surface area contributed by atoms with Crippen LogP contribution in [0.15, 0.2) is 0 Å². The van der Waals surface area contributed by atoms with Crippen LogP contribution in [-0.4, -0.2) is 221 Å². The van der Waals surface area contributed by atoms with E-state index in [9.17, 15) is 71.5 Å². The minimum Gasteiger partial charge on any atom is -0.394 e. The summed E-state index contributed by atoms with van der Waals surface area (Å²) in [5.41, 5.74) is 0. The lowest BCUT2D eigenvalue weighted by molar-refractivity contribution is -0.387. The van der Waals surface area contributed by atoms with Crippen LogP contribution >= 0.6 is 0 Å². The molecular formula is C24H42O21. The van der Waals surface area contributed by atoms with Crippen molar-refractivity contribution in [2.45, 2.75) is 123 Å². The Morgan fingerprint density at radius 2 is 0.644 bits per heavy atom. The number of rotatable bonds is 10. The first-order valence-electron chi connectivity index (χ1n) is 14.1. The molecule has 0 aromatic rings. The fraction of sp³-hybridized carbons (Fsp3) is 1.00. The van der Waals surface area contributed by atoms with Gasteiger partial charge in [-0.1, -0.05) is 0 Å². The first kappa shape index (κ1) is 37.0. The predicted octanol–water partition coefficient (Wildman–Crippen LogP) is -9.75. The largest absolute Gasteiger partial charge is 0.394 e. The summed E-state index contributed by atoms with van der Waals surface area (Å²) in [5.74, 6) is 0. The summed E-state index contributed by atoms with van der Waals surface area (Å²) in [6.45, 7) is -3.39. The van der Waals surface area contributed by atoms with E-state index in [-0.39, 0.29) is 0 Å². The zero-order chi connectivity index (χ0) is 33.3. The van der Waals surface area contributed by atoms with Crippen LogP contribution in [0.3, 0.4) is 0 Å². The molecule has 4 saturated heterocycles. The minimum atomic E-state index is -2.02. The van der Waals surface area contributed by atoms with Crippen LogP contribution in [0.2, 0.25) is 0 Å². The number of aliphatic hydroxyl groups is 14. The van der Waals surface area contributed by atoms with Crippen molar-refractivity contribution in [2.75, 3.05) is 26.4 Å². The Kier molecular flexibility index (Phi) is 12.8. The van der Waals surface area contributed by atoms with E-state index in [2.05, 4.69) is 0 Å². The standard InChI is InChI=1S/C24H42O21/c25-1-5-9(29)10(30)15(35)22(40-5)44-19-7(3-27)42-24(17(37)12(19)32)45-20-8(4-28)41-23(16(36)13(20)33)43-18-6(2-26)39-21(38)14(34)11(18)31/h5-38H,1-4H2/t5-,6-,7-,8-,9-,10+,11-,12-,13-,14-,15+,16+,17+,18-,19-,20-,21?,22+,23+,24+/m1/s1. The lowest BCUT2D eigenvalue weighted by Gasteiger charge is -2.49. The molecule has 0 saturated carbocycles. The molecule has 4 fully saturated rings. The van der Waals surface area contributed by atoms with Gasteiger partial charge in [-0.05, 0) is 0 Å². The maximum Gasteiger partial charge on any atom is 0.187 e. The van der Waals surface area contributed by atoms with Crippen molar-refractivity contribution < 1.29 is 105 Å². The molecule has 0 aliphatic carbocycles. The lowest BCUT2D eigenvalue weighted by Crippen LogP contribution is -2.67. The molecule has 0 aromatic carbocycles. The zero-order valence-corrected chi connectivity index (χ0v) is 23.5. The highest BCUT2D eigenvalue weighted by atomic mass is 16.8. The van der Waals surface area contributed by atoms with Gasteiger partial charge in [0.15, 0.2) is 25.2 Å². The first-order chi connectivity index (χ1) is 21.3. The molecule has 0 bridgehead atoms. The fourth-order valence-electron chi connectivity index (χ4n) is 5.55. The van der Waals surface area contributed by atoms with E-state index in [4.69, 9.17) is 33.2 Å². The van der Waals surface area contributed by atoms with Gasteiger partial charge in [-0.2, -0.15) is 0 Å². The molecule has 21 nitrogen and oxygen atoms in total. The number of hydrogen-bond acceptors (Lipinski definition) is 21. The van der Waals surface area contributed by atoms with Gasteiger partial charge in [0.1, 0.15) is 97.7 Å². The fourth-order valence-corrected chi connectivity index (χ4v) is 5.55. The number of hydrogen-bond donors (Lipinski definition) is 14. The Morgan fingerprint density at radius 3 is 1.02 bits per heavy atom. The molecule has 0 amide bonds. The van der Waals surface area contributed by atoms with E-state index < -0.39 is 149 Å². The van der Waals surface area contributed by atoms with Crippen molar-refractivity contribution in [1.29, 1.82) is 0 Å². The van der Waals surface area contributed by atoms with Crippen molar-refractivity contribution >= 4 is 0 Å². The molecule has 4 aliphatic rings. The summed E-state index contributed by atoms with van der Waals surface area (Å²) >= 11 is 0. The molecule has 4 rings (SSSR count). The van der Waals surface area contributed by atoms with E-state index >= 15 is 0 Å². The second-order valence-electron chi connectivity index (χ2n) is 11.1. The number of aliphatic hydroxyl groups excluding tert-OH is 14. The summed E-state index contributed by atoms with van der Waals surface area (Å²) in [5, 5.41) is 142. The van der Waals surface area contributed by atoms with Crippen LogP contribution in [0.1, 0.15) is 0 Å². The van der Waals surface area contributed by atoms with Gasteiger partial charge in [0.2, 0.25) is 0 Å². The zero-order valence-electron chi connectivity index (χ0n) is 23.5. The van der Waals surface area contributed by atoms with Crippen LogP contribution in [0.25, 0.3) is 0 Å². The minimum absolute atomic E-state index is 0.784. The smallest absolute Gasteiger partial charge is 0.187 e. The number of ether oxygens (including phenoxy) is 7. The quantitative estimate of drug-likeness (QED) is 0.103. The van der Waals surface area contributed by atoms with Crippen LogP contribution in [0.4, 0.5) is 0 Å². The second kappa shape index (κ2) is 15.6. The van der Waals surface area contributed by atoms with Gasteiger partial charge < -0.3 is 105 Å². The molecule has 264 valence electrons. The van der Waals surface area contributed by atoms with Crippen LogP contribution in [0, 0.1) is 0 Å². The van der Waals surface area contributed by atoms with Gasteiger partial charge in [-0.15, -0.1) is 0 Å². The van der Waals surface area contributed by atoms with E-state index in [0.29, 0.717) is 0 Å². The lowest BCUT2D eigenvalue weighted by atomic mass is 9.95. The average Bonchev–Trinajstić information content (AvgIpc) is 3.03. The molecule has 0 spiro atoms. The summed E-state index contributed by atoms with van der Waals surface area (Å²) < 4.78 is 37.7. The molecule has 1 unspecified atom stereocenters. The third-order valence-electron chi connectivity index (χ3n) is 8.20. The van der Waals surface area contributed by atoms with Crippen molar-refractivity contribution in [3.8, 4) is 0 Å². The second-order valence-corrected chi connectivity index (χ2v) is 11.1. The normalized spacial score (nSPS) is 52.9. The van der Waals surface area contributed by atoms with Gasteiger partial charge >= 0.3 is 0 Å². The van der Waals surface area contributed by atoms with E-state index in [1.807, 2.05) is 0 Å². The summed E-state index contributed by atoms with van der Waals surface area (Å²) in [6.07, 6.45) is -35.3. The predicted molar refractivity (Wildman–Crippen MR) is 134 cm³/mol. The summed E-state index contributed by atoms with van der Waals surface area (Å²) in [4.78, 5) is 0. The van der Waals surface area contributed by atoms with E-state index in [1.54, 1.807) is 0 Å². The Morgan fingerprint density at radius 1 is 0.333 bits per heavy atom. The molecule has 0 radical (unpaired) electrons. The molecular weight excluding hydrogens is 624 g/mol. The van der Waals surface area contributed by atoms with E-state index in [1.165, 1.54) is 0 Å². The van der Waals surface area contributed by atoms with Gasteiger partial charge in [0.25, 0.3) is 0 Å². The Bertz CT molecular complexity index is 910. The molecule has 4 aliphatic heterocycles. The molecule has 14 N–H and O–H groups in total. The highest BCUT2D eigenvalue weighted by Crippen LogP contribution is 2.34. The monoisotopic (exact) mass is 666 g/mol. The summed E-state index contributed by atoms with van der Waals surface area (Å²) in [7, 11) is 0. The first-order valence-corrected chi connectivity index (χ1v) is 14.1. The Balaban J connectivity index is 1.43. The van der Waals surface area contributed by atoms with Crippen LogP contribution in [0.5, 0.6) is 0 Å². The van der Waals surface area contributed by atoms with Gasteiger partial charge in [-0.3, -0.25) is 0 Å². The SMILES string of the molecule is OC[C@H]1O[C@@H](O[C@H]2[C@H](O)[C@H](O)[C@H](O[C@H]3[C@H](O)[C@H](O)[C@H](O[C@H]4[C@H](O)[C@@H](O)C(O)O[C@@H]4CO)O[C@@H]3CO)O[C@@H]2CO)[C@@H](O)[C@@H](O)[C@@H]1O.